The largest absolute Gasteiger partial charge is 0.494 e. The van der Waals surface area contributed by atoms with E-state index in [4.69, 9.17) is 15.5 Å². The van der Waals surface area contributed by atoms with Crippen molar-refractivity contribution < 1.29 is 14.3 Å². The topological polar surface area (TPSA) is 111 Å². The van der Waals surface area contributed by atoms with E-state index in [0.29, 0.717) is 41.7 Å². The van der Waals surface area contributed by atoms with Gasteiger partial charge < -0.3 is 29.8 Å². The summed E-state index contributed by atoms with van der Waals surface area (Å²) in [5, 5.41) is 4.39. The molecule has 3 aliphatic carbocycles. The molecule has 2 amide bonds. The lowest BCUT2D eigenvalue weighted by molar-refractivity contribution is -0.122. The summed E-state index contributed by atoms with van der Waals surface area (Å²) >= 11 is 0. The molecule has 2 aliphatic heterocycles. The van der Waals surface area contributed by atoms with Gasteiger partial charge in [0.1, 0.15) is 11.3 Å². The third kappa shape index (κ3) is 5.19. The summed E-state index contributed by atoms with van der Waals surface area (Å²) in [6.45, 7) is 4.08. The maximum Gasteiger partial charge on any atom is 0.254 e. The number of methoxy groups -OCH3 is 1. The maximum absolute atomic E-state index is 13.8. The molecule has 3 N–H and O–H groups in total. The van der Waals surface area contributed by atoms with Crippen LogP contribution in [0.25, 0.3) is 33.5 Å². The van der Waals surface area contributed by atoms with Crippen LogP contribution in [0.1, 0.15) is 73.2 Å². The molecular formula is C38H47N7O3. The van der Waals surface area contributed by atoms with Gasteiger partial charge in [0.05, 0.1) is 30.4 Å². The predicted molar refractivity (Wildman–Crippen MR) is 186 cm³/mol. The molecule has 48 heavy (non-hydrogen) atoms. The highest BCUT2D eigenvalue weighted by Crippen LogP contribution is 2.42. The normalized spacial score (nSPS) is 24.6. The predicted octanol–water partition coefficient (Wildman–Crippen LogP) is 4.63. The number of carbonyl (C=O) groups excluding carboxylic acids is 2. The number of aryl methyl sites for hydroxylation is 1. The number of rotatable bonds is 9. The van der Waals surface area contributed by atoms with Gasteiger partial charge in [-0.05, 0) is 106 Å². The molecule has 3 saturated carbocycles. The molecule has 252 valence electrons. The maximum atomic E-state index is 13.8. The number of fused-ring (bicyclic) bond motifs is 4. The van der Waals surface area contributed by atoms with Crippen LogP contribution in [-0.2, 0) is 18.4 Å². The zero-order valence-corrected chi connectivity index (χ0v) is 28.2. The average molecular weight is 650 g/mol. The van der Waals surface area contributed by atoms with Gasteiger partial charge in [0.25, 0.3) is 5.91 Å². The lowest BCUT2D eigenvalue weighted by Gasteiger charge is -2.32. The van der Waals surface area contributed by atoms with Crippen molar-refractivity contribution in [3.8, 4) is 17.3 Å². The summed E-state index contributed by atoms with van der Waals surface area (Å²) < 4.78 is 10.6. The van der Waals surface area contributed by atoms with Gasteiger partial charge in [-0.1, -0.05) is 18.2 Å². The molecule has 0 radical (unpaired) electrons. The van der Waals surface area contributed by atoms with Gasteiger partial charge in [-0.2, -0.15) is 0 Å². The molecule has 2 aromatic heterocycles. The highest BCUT2D eigenvalue weighted by atomic mass is 16.5. The number of amides is 2. The number of para-hydroxylation sites is 1. The standard InChI is InChI=1S/C38H47N7O3/c1-42-36-29(16-26(18-32(36)48-2)38(47)45-20-25-8-11-30(45)34(25)39)41-37(42)31-17-24-4-3-5-28(35(24)44(31)19-22-6-7-22)23-12-14-43(15-13-23)21-33(46)40-27-9-10-27/h3-5,16-18,22-23,25,27,30,34H,6-15,19-21,39H2,1-2H3,(H,40,46)/t25-,30-,34-/m1/s1. The van der Waals surface area contributed by atoms with Crippen molar-refractivity contribution in [3.63, 3.8) is 0 Å². The van der Waals surface area contributed by atoms with Crippen molar-refractivity contribution in [2.75, 3.05) is 33.3 Å². The number of nitrogens with one attached hydrogen (secondary N) is 1. The number of hydrogen-bond donors (Lipinski definition) is 2. The molecule has 9 rings (SSSR count). The molecule has 10 heteroatoms. The second-order valence-corrected chi connectivity index (χ2v) is 15.2. The van der Waals surface area contributed by atoms with Gasteiger partial charge in [0, 0.05) is 49.2 Å². The first-order chi connectivity index (χ1) is 23.4. The van der Waals surface area contributed by atoms with Crippen LogP contribution in [0.5, 0.6) is 5.75 Å². The number of nitrogens with zero attached hydrogens (tertiary/aromatic N) is 5. The number of carbonyl (C=O) groups is 2. The van der Waals surface area contributed by atoms with Gasteiger partial charge in [-0.3, -0.25) is 14.5 Å². The van der Waals surface area contributed by atoms with E-state index in [1.807, 2.05) is 17.0 Å². The second-order valence-electron chi connectivity index (χ2n) is 15.2. The van der Waals surface area contributed by atoms with E-state index < -0.39 is 0 Å². The molecule has 10 nitrogen and oxygen atoms in total. The van der Waals surface area contributed by atoms with E-state index in [9.17, 15) is 9.59 Å². The van der Waals surface area contributed by atoms with Gasteiger partial charge in [-0.15, -0.1) is 0 Å². The average Bonchev–Trinajstić information content (AvgIpc) is 3.98. The fraction of sp³-hybridized carbons (Fsp3) is 0.553. The molecule has 2 aromatic carbocycles. The fourth-order valence-electron chi connectivity index (χ4n) is 8.99. The summed E-state index contributed by atoms with van der Waals surface area (Å²) in [5.74, 6) is 3.25. The Morgan fingerprint density at radius 3 is 2.50 bits per heavy atom. The van der Waals surface area contributed by atoms with Gasteiger partial charge in [-0.25, -0.2) is 4.98 Å². The minimum absolute atomic E-state index is 0.0205. The smallest absolute Gasteiger partial charge is 0.254 e. The van der Waals surface area contributed by atoms with Crippen LogP contribution in [0.2, 0.25) is 0 Å². The minimum Gasteiger partial charge on any atom is -0.494 e. The molecule has 2 saturated heterocycles. The van der Waals surface area contributed by atoms with E-state index in [1.54, 1.807) is 7.11 Å². The summed E-state index contributed by atoms with van der Waals surface area (Å²) in [6, 6.07) is 13.5. The molecule has 4 heterocycles. The fourth-order valence-corrected chi connectivity index (χ4v) is 8.99. The number of hydrogen-bond acceptors (Lipinski definition) is 6. The van der Waals surface area contributed by atoms with Crippen LogP contribution in [0.15, 0.2) is 36.4 Å². The zero-order valence-electron chi connectivity index (χ0n) is 28.2. The Hall–Kier alpha value is -3.89. The summed E-state index contributed by atoms with van der Waals surface area (Å²) in [7, 11) is 3.73. The van der Waals surface area contributed by atoms with Gasteiger partial charge in [0.2, 0.25) is 5.91 Å². The van der Waals surface area contributed by atoms with E-state index in [1.165, 1.54) is 29.3 Å². The van der Waals surface area contributed by atoms with Crippen molar-refractivity contribution in [1.82, 2.24) is 29.2 Å². The molecule has 0 spiro atoms. The zero-order chi connectivity index (χ0) is 32.7. The highest BCUT2D eigenvalue weighted by Gasteiger charge is 2.47. The van der Waals surface area contributed by atoms with Crippen LogP contribution < -0.4 is 15.8 Å². The molecule has 2 bridgehead atoms. The Morgan fingerprint density at radius 1 is 1.00 bits per heavy atom. The van der Waals surface area contributed by atoms with Crippen molar-refractivity contribution in [1.29, 1.82) is 0 Å². The van der Waals surface area contributed by atoms with Crippen molar-refractivity contribution in [2.45, 2.75) is 82.0 Å². The van der Waals surface area contributed by atoms with E-state index in [2.05, 4.69) is 50.7 Å². The van der Waals surface area contributed by atoms with Crippen LogP contribution in [0, 0.1) is 11.8 Å². The first-order valence-electron chi connectivity index (χ1n) is 18.1. The molecule has 5 fully saturated rings. The van der Waals surface area contributed by atoms with Crippen LogP contribution in [-0.4, -0.2) is 87.1 Å². The van der Waals surface area contributed by atoms with Gasteiger partial charge >= 0.3 is 0 Å². The lowest BCUT2D eigenvalue weighted by Crippen LogP contribution is -2.41. The minimum atomic E-state index is 0.0205. The Balaban J connectivity index is 1.06. The van der Waals surface area contributed by atoms with Crippen LogP contribution in [0.3, 0.4) is 0 Å². The van der Waals surface area contributed by atoms with Gasteiger partial charge in [0.15, 0.2) is 5.82 Å². The molecule has 3 atom stereocenters. The molecular weight excluding hydrogens is 602 g/mol. The summed E-state index contributed by atoms with van der Waals surface area (Å²) in [4.78, 5) is 35.8. The quantitative estimate of drug-likeness (QED) is 0.274. The second kappa shape index (κ2) is 11.6. The summed E-state index contributed by atoms with van der Waals surface area (Å²) in [5.41, 5.74) is 12.6. The number of likely N-dealkylation sites (tertiary alicyclic amines) is 2. The first-order valence-corrected chi connectivity index (χ1v) is 18.1. The number of imidazole rings is 1. The number of benzene rings is 2. The Bertz CT molecular complexity index is 1910. The van der Waals surface area contributed by atoms with Crippen molar-refractivity contribution >= 4 is 33.8 Å². The van der Waals surface area contributed by atoms with Crippen molar-refractivity contribution in [2.24, 2.45) is 24.6 Å². The molecule has 4 aromatic rings. The summed E-state index contributed by atoms with van der Waals surface area (Å²) in [6.07, 6.45) is 8.94. The number of ether oxygens (including phenoxy) is 1. The lowest BCUT2D eigenvalue weighted by atomic mass is 9.88. The van der Waals surface area contributed by atoms with E-state index >= 15 is 0 Å². The van der Waals surface area contributed by atoms with Crippen LogP contribution >= 0.6 is 0 Å². The van der Waals surface area contributed by atoms with E-state index in [0.717, 1.165) is 87.3 Å². The van der Waals surface area contributed by atoms with Crippen LogP contribution in [0.4, 0.5) is 0 Å². The van der Waals surface area contributed by atoms with Crippen molar-refractivity contribution in [3.05, 3.63) is 47.5 Å². The third-order valence-corrected chi connectivity index (χ3v) is 12.0. The Labute approximate surface area is 281 Å². The number of piperidine rings is 2. The van der Waals surface area contributed by atoms with E-state index in [-0.39, 0.29) is 23.9 Å². The number of aromatic nitrogens is 3. The Kier molecular flexibility index (Phi) is 7.31. The number of nitrogens with two attached hydrogens (primary N) is 1. The highest BCUT2D eigenvalue weighted by molar-refractivity contribution is 6.00. The third-order valence-electron chi connectivity index (χ3n) is 12.0. The first kappa shape index (κ1) is 30.2. The Morgan fingerprint density at radius 2 is 1.81 bits per heavy atom. The molecule has 0 unspecified atom stereocenters. The monoisotopic (exact) mass is 649 g/mol. The SMILES string of the molecule is COc1cc(C(=O)N2C[C@H]3CC[C@@H]2[C@@H]3N)cc2nc(-c3cc4cccc(C5CCN(CC(=O)NC6CC6)CC5)c4n3CC3CC3)n(C)c12. The molecule has 5 aliphatic rings.